The molecule has 3 fully saturated rings. The minimum Gasteiger partial charge on any atom is -0.489 e. The SMILES string of the molecule is CCOC(=O)c1ccc(N2C(=O)[C@H]3[C@H]4C[C@@H]([C@@H]3C2=O)[C@H]2[C@H](c3cc(Br)ccc3OCc3ccc(Cl)cc3)c3sc(=O)[nH]c3S[C@H]42)cc1. The van der Waals surface area contributed by atoms with Crippen LogP contribution < -0.4 is 14.5 Å². The molecule has 4 aliphatic rings. The summed E-state index contributed by atoms with van der Waals surface area (Å²) in [5.41, 5.74) is 2.75. The largest absolute Gasteiger partial charge is 0.489 e. The van der Waals surface area contributed by atoms with Crippen molar-refractivity contribution in [2.75, 3.05) is 11.5 Å². The summed E-state index contributed by atoms with van der Waals surface area (Å²) in [6, 6.07) is 19.9. The lowest BCUT2D eigenvalue weighted by atomic mass is 9.68. The molecule has 8 rings (SSSR count). The number of aromatic amines is 1. The molecule has 2 saturated carbocycles. The van der Waals surface area contributed by atoms with Gasteiger partial charge in [-0.3, -0.25) is 19.3 Å². The molecule has 2 amide bonds. The van der Waals surface area contributed by atoms with Gasteiger partial charge in [-0.2, -0.15) is 0 Å². The number of carbonyl (C=O) groups excluding carboxylic acids is 3. The number of hydrogen-bond acceptors (Lipinski definition) is 8. The number of thioether (sulfide) groups is 1. The van der Waals surface area contributed by atoms with Crippen molar-refractivity contribution in [1.82, 2.24) is 4.98 Å². The van der Waals surface area contributed by atoms with Crippen molar-refractivity contribution >= 4 is 74.1 Å². The lowest BCUT2D eigenvalue weighted by Crippen LogP contribution is -2.42. The second kappa shape index (κ2) is 11.9. The number of benzene rings is 3. The molecule has 4 aromatic rings. The van der Waals surface area contributed by atoms with Gasteiger partial charge in [0.05, 0.1) is 34.7 Å². The Morgan fingerprint density at radius 2 is 1.72 bits per heavy atom. The Balaban J connectivity index is 1.15. The van der Waals surface area contributed by atoms with Gasteiger partial charge in [-0.15, -0.1) is 11.8 Å². The summed E-state index contributed by atoms with van der Waals surface area (Å²) >= 11 is 12.6. The van der Waals surface area contributed by atoms with E-state index in [-0.39, 0.29) is 52.2 Å². The summed E-state index contributed by atoms with van der Waals surface area (Å²) in [6.07, 6.45) is 0.773. The molecule has 8 nitrogen and oxygen atoms in total. The van der Waals surface area contributed by atoms with Crippen LogP contribution in [0.4, 0.5) is 5.69 Å². The van der Waals surface area contributed by atoms with E-state index in [1.807, 2.05) is 36.4 Å². The molecule has 0 unspecified atom stereocenters. The summed E-state index contributed by atoms with van der Waals surface area (Å²) in [5.74, 6) is -1.27. The maximum atomic E-state index is 14.2. The molecule has 47 heavy (non-hydrogen) atoms. The number of carbonyl (C=O) groups is 3. The lowest BCUT2D eigenvalue weighted by molar-refractivity contribution is -0.123. The van der Waals surface area contributed by atoms with Crippen LogP contribution in [0.2, 0.25) is 5.02 Å². The Morgan fingerprint density at radius 3 is 2.45 bits per heavy atom. The van der Waals surface area contributed by atoms with Crippen molar-refractivity contribution < 1.29 is 23.9 Å². The van der Waals surface area contributed by atoms with E-state index in [1.54, 1.807) is 43.0 Å². The predicted molar refractivity (Wildman–Crippen MR) is 183 cm³/mol. The standard InChI is InChI=1S/C35H28BrClN2O6S2/c1-2-44-34(42)17-5-10-20(11-6-17)39-32(40)27-22-14-23(28(27)33(39)41)29-26(22)25(30-31(46-29)38-35(43)47-30)21-13-18(36)7-12-24(21)45-15-16-3-8-19(37)9-4-16/h3-13,22-23,25-29H,2,14-15H2,1H3,(H,38,43)/t22-,23-,25+,26+,27+,28+,29-/m1/s1. The highest BCUT2D eigenvalue weighted by Gasteiger charge is 2.69. The smallest absolute Gasteiger partial charge is 0.338 e. The normalized spacial score (nSPS) is 27.0. The zero-order chi connectivity index (χ0) is 32.6. The average molecular weight is 752 g/mol. The molecule has 1 aromatic heterocycles. The number of thiazole rings is 1. The number of ether oxygens (including phenoxy) is 2. The fourth-order valence-corrected chi connectivity index (χ4v) is 11.6. The van der Waals surface area contributed by atoms with Crippen molar-refractivity contribution in [2.45, 2.75) is 36.1 Å². The first-order chi connectivity index (χ1) is 22.7. The van der Waals surface area contributed by atoms with Gasteiger partial charge >= 0.3 is 10.8 Å². The van der Waals surface area contributed by atoms with Crippen molar-refractivity contribution in [3.05, 3.63) is 107 Å². The van der Waals surface area contributed by atoms with E-state index >= 15 is 0 Å². The number of imide groups is 1. The first-order valence-corrected chi connectivity index (χ1v) is 18.3. The van der Waals surface area contributed by atoms with E-state index in [0.29, 0.717) is 28.6 Å². The number of nitrogens with one attached hydrogen (secondary N) is 1. The molecule has 2 bridgehead atoms. The maximum Gasteiger partial charge on any atom is 0.338 e. The molecule has 3 aromatic carbocycles. The zero-order valence-electron chi connectivity index (χ0n) is 25.0. The molecule has 1 saturated heterocycles. The van der Waals surface area contributed by atoms with E-state index in [9.17, 15) is 19.2 Å². The molecule has 2 aliphatic carbocycles. The minimum absolute atomic E-state index is 0.0141. The minimum atomic E-state index is -0.454. The molecule has 2 aliphatic heterocycles. The van der Waals surface area contributed by atoms with Crippen LogP contribution >= 0.6 is 50.6 Å². The van der Waals surface area contributed by atoms with Crippen LogP contribution in [0, 0.1) is 29.6 Å². The van der Waals surface area contributed by atoms with Gasteiger partial charge in [0.1, 0.15) is 12.4 Å². The fraction of sp³-hybridized carbons (Fsp3) is 0.314. The van der Waals surface area contributed by atoms with Gasteiger partial charge < -0.3 is 14.5 Å². The van der Waals surface area contributed by atoms with Crippen LogP contribution in [-0.4, -0.2) is 34.6 Å². The quantitative estimate of drug-likeness (QED) is 0.156. The number of nitrogens with zero attached hydrogens (tertiary/aromatic N) is 1. The number of amides is 2. The summed E-state index contributed by atoms with van der Waals surface area (Å²) in [7, 11) is 0. The van der Waals surface area contributed by atoms with Crippen LogP contribution in [0.5, 0.6) is 5.75 Å². The topological polar surface area (TPSA) is 106 Å². The summed E-state index contributed by atoms with van der Waals surface area (Å²) in [6.45, 7) is 2.34. The van der Waals surface area contributed by atoms with Crippen LogP contribution in [0.1, 0.15) is 45.6 Å². The van der Waals surface area contributed by atoms with Crippen molar-refractivity contribution in [3.63, 3.8) is 0 Å². The number of esters is 1. The first kappa shape index (κ1) is 30.9. The van der Waals surface area contributed by atoms with Crippen LogP contribution in [0.15, 0.2) is 81.0 Å². The monoisotopic (exact) mass is 750 g/mol. The van der Waals surface area contributed by atoms with Gasteiger partial charge in [0.15, 0.2) is 0 Å². The molecule has 240 valence electrons. The Bertz CT molecular complexity index is 1980. The Hall–Kier alpha value is -3.38. The molecule has 12 heteroatoms. The third-order valence-electron chi connectivity index (χ3n) is 9.98. The van der Waals surface area contributed by atoms with Crippen LogP contribution in [-0.2, 0) is 20.9 Å². The predicted octanol–water partition coefficient (Wildman–Crippen LogP) is 7.29. The molecular formula is C35H28BrClN2O6S2. The van der Waals surface area contributed by atoms with Crippen LogP contribution in [0.25, 0.3) is 0 Å². The van der Waals surface area contributed by atoms with Gasteiger partial charge in [-0.1, -0.05) is 51.0 Å². The molecular weight excluding hydrogens is 724 g/mol. The van der Waals surface area contributed by atoms with Gasteiger partial charge in [0.25, 0.3) is 0 Å². The maximum absolute atomic E-state index is 14.2. The van der Waals surface area contributed by atoms with Gasteiger partial charge in [-0.05, 0) is 91.3 Å². The number of hydrogen-bond donors (Lipinski definition) is 1. The van der Waals surface area contributed by atoms with Gasteiger partial charge in [0.2, 0.25) is 11.8 Å². The second-order valence-electron chi connectivity index (χ2n) is 12.3. The number of anilines is 1. The average Bonchev–Trinajstić information content (AvgIpc) is 3.80. The van der Waals surface area contributed by atoms with E-state index < -0.39 is 17.8 Å². The van der Waals surface area contributed by atoms with E-state index in [4.69, 9.17) is 21.1 Å². The number of H-pyrrole nitrogens is 1. The second-order valence-corrected chi connectivity index (χ2v) is 15.9. The van der Waals surface area contributed by atoms with Gasteiger partial charge in [0, 0.05) is 31.1 Å². The van der Waals surface area contributed by atoms with Crippen LogP contribution in [0.3, 0.4) is 0 Å². The highest BCUT2D eigenvalue weighted by molar-refractivity contribution is 9.10. The first-order valence-electron chi connectivity index (χ1n) is 15.4. The summed E-state index contributed by atoms with van der Waals surface area (Å²) in [4.78, 5) is 58.4. The third-order valence-corrected chi connectivity index (χ3v) is 13.3. The third kappa shape index (κ3) is 5.08. The number of aromatic nitrogens is 1. The Labute approximate surface area is 291 Å². The van der Waals surface area contributed by atoms with Crippen molar-refractivity contribution in [1.29, 1.82) is 0 Å². The summed E-state index contributed by atoms with van der Waals surface area (Å²) < 4.78 is 12.4. The molecule has 0 spiro atoms. The van der Waals surface area contributed by atoms with E-state index in [1.165, 1.54) is 16.2 Å². The summed E-state index contributed by atoms with van der Waals surface area (Å²) in [5, 5.41) is 1.53. The number of fused-ring (bicyclic) bond motifs is 9. The fourth-order valence-electron chi connectivity index (χ4n) is 8.22. The Kier molecular flexibility index (Phi) is 7.86. The highest BCUT2D eigenvalue weighted by atomic mass is 79.9. The van der Waals surface area contributed by atoms with E-state index in [0.717, 1.165) is 31.9 Å². The van der Waals surface area contributed by atoms with Crippen molar-refractivity contribution in [2.24, 2.45) is 29.6 Å². The molecule has 3 heterocycles. The van der Waals surface area contributed by atoms with Gasteiger partial charge in [-0.25, -0.2) is 4.79 Å². The number of rotatable bonds is 7. The molecule has 0 radical (unpaired) electrons. The van der Waals surface area contributed by atoms with E-state index in [2.05, 4.69) is 27.0 Å². The molecule has 1 N–H and O–H groups in total. The Morgan fingerprint density at radius 1 is 1.00 bits per heavy atom. The van der Waals surface area contributed by atoms with Crippen molar-refractivity contribution in [3.8, 4) is 5.75 Å². The zero-order valence-corrected chi connectivity index (χ0v) is 29.0. The highest BCUT2D eigenvalue weighted by Crippen LogP contribution is 2.69. The lowest BCUT2D eigenvalue weighted by Gasteiger charge is -2.43. The molecule has 7 atom stereocenters. The number of halogens is 2.